The van der Waals surface area contributed by atoms with Crippen LogP contribution in [0.1, 0.15) is 64.7 Å². The molecule has 1 rings (SSSR count). The van der Waals surface area contributed by atoms with Gasteiger partial charge in [-0.05, 0) is 25.2 Å². The van der Waals surface area contributed by atoms with E-state index >= 15 is 0 Å². The zero-order valence-corrected chi connectivity index (χ0v) is 9.60. The Hall–Kier alpha value is -0.0800. The molecule has 84 valence electrons. The first kappa shape index (κ1) is 12.0. The first-order chi connectivity index (χ1) is 6.88. The fourth-order valence-corrected chi connectivity index (χ4v) is 2.61. The number of hydrogen-bond donors (Lipinski definition) is 2. The van der Waals surface area contributed by atoms with Crippen LogP contribution in [-0.2, 0) is 0 Å². The van der Waals surface area contributed by atoms with Gasteiger partial charge in [-0.25, -0.2) is 0 Å². The summed E-state index contributed by atoms with van der Waals surface area (Å²) in [6, 6.07) is 0.612. The Labute approximate surface area is 88.6 Å². The van der Waals surface area contributed by atoms with Crippen LogP contribution in [0.2, 0.25) is 0 Å². The van der Waals surface area contributed by atoms with E-state index in [4.69, 9.17) is 5.84 Å². The Balaban J connectivity index is 2.00. The lowest BCUT2D eigenvalue weighted by atomic mass is 9.96. The summed E-state index contributed by atoms with van der Waals surface area (Å²) in [5, 5.41) is 0. The normalized spacial score (nSPS) is 27.0. The summed E-state index contributed by atoms with van der Waals surface area (Å²) in [4.78, 5) is 0. The first-order valence-electron chi connectivity index (χ1n) is 6.34. The van der Waals surface area contributed by atoms with Crippen LogP contribution in [0.5, 0.6) is 0 Å². The molecule has 2 heteroatoms. The van der Waals surface area contributed by atoms with Crippen molar-refractivity contribution in [3.8, 4) is 0 Å². The van der Waals surface area contributed by atoms with Crippen molar-refractivity contribution < 1.29 is 0 Å². The minimum atomic E-state index is 0.612. The third-order valence-corrected chi connectivity index (χ3v) is 3.55. The highest BCUT2D eigenvalue weighted by Crippen LogP contribution is 2.29. The maximum Gasteiger partial charge on any atom is 0.0238 e. The van der Waals surface area contributed by atoms with Crippen molar-refractivity contribution in [2.24, 2.45) is 11.8 Å². The topological polar surface area (TPSA) is 38.0 Å². The lowest BCUT2D eigenvalue weighted by Crippen LogP contribution is -2.37. The van der Waals surface area contributed by atoms with Crippen molar-refractivity contribution in [1.82, 2.24) is 5.43 Å². The number of unbranched alkanes of at least 4 members (excludes halogenated alkanes) is 4. The van der Waals surface area contributed by atoms with Gasteiger partial charge in [0.05, 0.1) is 0 Å². The summed E-state index contributed by atoms with van der Waals surface area (Å²) in [5.41, 5.74) is 2.97. The Morgan fingerprint density at radius 2 is 1.93 bits per heavy atom. The van der Waals surface area contributed by atoms with Crippen molar-refractivity contribution in [3.05, 3.63) is 0 Å². The van der Waals surface area contributed by atoms with Crippen molar-refractivity contribution in [3.63, 3.8) is 0 Å². The fourth-order valence-electron chi connectivity index (χ4n) is 2.61. The van der Waals surface area contributed by atoms with Crippen LogP contribution in [0, 0.1) is 5.92 Å². The van der Waals surface area contributed by atoms with Crippen molar-refractivity contribution in [2.75, 3.05) is 0 Å². The van der Waals surface area contributed by atoms with E-state index in [9.17, 15) is 0 Å². The van der Waals surface area contributed by atoms with Crippen LogP contribution in [0.3, 0.4) is 0 Å². The molecular formula is C12H26N2. The van der Waals surface area contributed by atoms with Gasteiger partial charge in [-0.1, -0.05) is 45.4 Å². The van der Waals surface area contributed by atoms with Crippen LogP contribution >= 0.6 is 0 Å². The molecule has 0 aliphatic heterocycles. The van der Waals surface area contributed by atoms with Gasteiger partial charge >= 0.3 is 0 Å². The molecule has 0 aromatic heterocycles. The summed E-state index contributed by atoms with van der Waals surface area (Å²) in [7, 11) is 0. The summed E-state index contributed by atoms with van der Waals surface area (Å²) >= 11 is 0. The molecule has 0 heterocycles. The van der Waals surface area contributed by atoms with E-state index in [1.165, 1.54) is 57.8 Å². The van der Waals surface area contributed by atoms with Crippen molar-refractivity contribution in [1.29, 1.82) is 0 Å². The zero-order chi connectivity index (χ0) is 10.2. The number of nitrogens with two attached hydrogens (primary N) is 1. The highest BCUT2D eigenvalue weighted by Gasteiger charge is 2.25. The van der Waals surface area contributed by atoms with Gasteiger partial charge in [-0.2, -0.15) is 0 Å². The summed E-state index contributed by atoms with van der Waals surface area (Å²) in [6.45, 7) is 2.27. The molecule has 14 heavy (non-hydrogen) atoms. The van der Waals surface area contributed by atoms with E-state index in [-0.39, 0.29) is 0 Å². The van der Waals surface area contributed by atoms with E-state index in [2.05, 4.69) is 12.3 Å². The molecule has 0 amide bonds. The fraction of sp³-hybridized carbons (Fsp3) is 1.00. The lowest BCUT2D eigenvalue weighted by molar-refractivity contribution is 0.370. The van der Waals surface area contributed by atoms with Crippen molar-refractivity contribution in [2.45, 2.75) is 70.8 Å². The largest absolute Gasteiger partial charge is 0.271 e. The molecular weight excluding hydrogens is 172 g/mol. The molecule has 0 aromatic carbocycles. The quantitative estimate of drug-likeness (QED) is 0.375. The van der Waals surface area contributed by atoms with E-state index in [1.54, 1.807) is 0 Å². The molecule has 2 unspecified atom stereocenters. The van der Waals surface area contributed by atoms with E-state index in [0.29, 0.717) is 6.04 Å². The monoisotopic (exact) mass is 198 g/mol. The number of hydrogen-bond acceptors (Lipinski definition) is 2. The second-order valence-electron chi connectivity index (χ2n) is 4.67. The van der Waals surface area contributed by atoms with Crippen LogP contribution in [0.25, 0.3) is 0 Å². The molecule has 1 fully saturated rings. The van der Waals surface area contributed by atoms with Crippen LogP contribution in [0.4, 0.5) is 0 Å². The Morgan fingerprint density at radius 1 is 1.14 bits per heavy atom. The molecule has 3 N–H and O–H groups in total. The maximum absolute atomic E-state index is 5.53. The van der Waals surface area contributed by atoms with Gasteiger partial charge in [-0.15, -0.1) is 0 Å². The zero-order valence-electron chi connectivity index (χ0n) is 9.60. The molecule has 0 spiro atoms. The number of hydrazine groups is 1. The van der Waals surface area contributed by atoms with Gasteiger partial charge < -0.3 is 0 Å². The van der Waals surface area contributed by atoms with E-state index < -0.39 is 0 Å². The van der Waals surface area contributed by atoms with Gasteiger partial charge in [0, 0.05) is 6.04 Å². The third-order valence-electron chi connectivity index (χ3n) is 3.55. The molecule has 1 aliphatic rings. The molecule has 1 saturated carbocycles. The van der Waals surface area contributed by atoms with Crippen LogP contribution < -0.4 is 11.3 Å². The SMILES string of the molecule is CCCCCCCC1CCCC1NN. The van der Waals surface area contributed by atoms with Gasteiger partial charge in [0.15, 0.2) is 0 Å². The highest BCUT2D eigenvalue weighted by molar-refractivity contribution is 4.81. The Morgan fingerprint density at radius 3 is 2.64 bits per heavy atom. The van der Waals surface area contributed by atoms with E-state index in [0.717, 1.165) is 5.92 Å². The number of rotatable bonds is 7. The molecule has 0 aromatic rings. The average Bonchev–Trinajstić information content (AvgIpc) is 2.65. The average molecular weight is 198 g/mol. The Kier molecular flexibility index (Phi) is 6.20. The summed E-state index contributed by atoms with van der Waals surface area (Å²) < 4.78 is 0. The molecule has 2 atom stereocenters. The molecule has 2 nitrogen and oxygen atoms in total. The van der Waals surface area contributed by atoms with Gasteiger partial charge in [-0.3, -0.25) is 11.3 Å². The highest BCUT2D eigenvalue weighted by atomic mass is 15.2. The molecule has 0 saturated heterocycles. The van der Waals surface area contributed by atoms with Crippen LogP contribution in [0.15, 0.2) is 0 Å². The molecule has 1 aliphatic carbocycles. The summed E-state index contributed by atoms with van der Waals surface area (Å²) in [6.07, 6.45) is 12.4. The first-order valence-corrected chi connectivity index (χ1v) is 6.34. The van der Waals surface area contributed by atoms with E-state index in [1.807, 2.05) is 0 Å². The third kappa shape index (κ3) is 3.97. The van der Waals surface area contributed by atoms with Gasteiger partial charge in [0.25, 0.3) is 0 Å². The lowest BCUT2D eigenvalue weighted by Gasteiger charge is -2.18. The minimum Gasteiger partial charge on any atom is -0.271 e. The number of nitrogens with one attached hydrogen (secondary N) is 1. The Bertz CT molecular complexity index is 136. The predicted octanol–water partition coefficient (Wildman–Crippen LogP) is 2.98. The van der Waals surface area contributed by atoms with Gasteiger partial charge in [0.2, 0.25) is 0 Å². The van der Waals surface area contributed by atoms with Crippen LogP contribution in [-0.4, -0.2) is 6.04 Å². The standard InChI is InChI=1S/C12H26N2/c1-2-3-4-5-6-8-11-9-7-10-12(11)14-13/h11-12,14H,2-10,13H2,1H3. The molecule has 0 radical (unpaired) electrons. The summed E-state index contributed by atoms with van der Waals surface area (Å²) in [5.74, 6) is 6.39. The molecule has 0 bridgehead atoms. The van der Waals surface area contributed by atoms with Gasteiger partial charge in [0.1, 0.15) is 0 Å². The second-order valence-corrected chi connectivity index (χ2v) is 4.67. The predicted molar refractivity (Wildman–Crippen MR) is 61.8 cm³/mol. The minimum absolute atomic E-state index is 0.612. The van der Waals surface area contributed by atoms with Crippen molar-refractivity contribution >= 4 is 0 Å². The maximum atomic E-state index is 5.53. The second kappa shape index (κ2) is 7.24. The smallest absolute Gasteiger partial charge is 0.0238 e.